The zero-order chi connectivity index (χ0) is 13.4. The van der Waals surface area contributed by atoms with Crippen LogP contribution in [0.2, 0.25) is 0 Å². The molecule has 0 aromatic carbocycles. The number of alkyl halides is 5. The summed E-state index contributed by atoms with van der Waals surface area (Å²) >= 11 is 7.43. The second-order valence-corrected chi connectivity index (χ2v) is 4.19. The van der Waals surface area contributed by atoms with Crippen molar-refractivity contribution >= 4 is 34.0 Å². The van der Waals surface area contributed by atoms with Crippen LogP contribution >= 0.6 is 27.5 Å². The van der Waals surface area contributed by atoms with Crippen LogP contribution in [0, 0.1) is 0 Å². The molecule has 4 nitrogen and oxygen atoms in total. The number of aryl methyl sites for hydroxylation is 1. The quantitative estimate of drug-likeness (QED) is 0.483. The first-order valence-electron chi connectivity index (χ1n) is 3.90. The number of hydrogen-bond acceptors (Lipinski definition) is 3. The first kappa shape index (κ1) is 14.2. The predicted molar refractivity (Wildman–Crippen MR) is 52.3 cm³/mol. The van der Waals surface area contributed by atoms with Gasteiger partial charge in [-0.25, -0.2) is 9.07 Å². The second kappa shape index (κ2) is 4.45. The van der Waals surface area contributed by atoms with Crippen molar-refractivity contribution in [2.45, 2.75) is 11.3 Å². The summed E-state index contributed by atoms with van der Waals surface area (Å²) in [6.45, 7) is -0.0344. The van der Waals surface area contributed by atoms with Crippen molar-refractivity contribution in [1.29, 1.82) is 0 Å². The maximum absolute atomic E-state index is 13.4. The highest BCUT2D eigenvalue weighted by atomic mass is 79.9. The highest BCUT2D eigenvalue weighted by molar-refractivity contribution is 9.10. The fourth-order valence-electron chi connectivity index (χ4n) is 0.991. The Bertz CT molecular complexity index is 446. The van der Waals surface area contributed by atoms with E-state index in [9.17, 15) is 22.4 Å². The summed E-state index contributed by atoms with van der Waals surface area (Å²) in [7, 11) is 1.16. The van der Waals surface area contributed by atoms with Gasteiger partial charge in [0.25, 0.3) is 6.47 Å². The molecule has 1 rings (SSSR count). The number of hydrogen-bond donors (Lipinski definition) is 0. The van der Waals surface area contributed by atoms with Crippen LogP contribution in [0.1, 0.15) is 5.69 Å². The van der Waals surface area contributed by atoms with E-state index >= 15 is 0 Å². The van der Waals surface area contributed by atoms with Gasteiger partial charge in [-0.15, -0.1) is 0 Å². The molecule has 0 aliphatic carbocycles. The standard InChI is InChI=1S/C7H4BrClF4N2O2/c1-15-5(17-2-16)3(8)4(14-15)6(9,10)7(11,12)13/h2H,1H3. The Balaban J connectivity index is 3.34. The van der Waals surface area contributed by atoms with Crippen molar-refractivity contribution in [2.24, 2.45) is 7.05 Å². The number of nitrogens with zero attached hydrogens (tertiary/aromatic N) is 2. The first-order valence-corrected chi connectivity index (χ1v) is 5.07. The SMILES string of the molecule is Cn1nc(C(F)(Cl)C(F)(F)F)c(Br)c1OC=O. The van der Waals surface area contributed by atoms with Crippen LogP contribution in [-0.4, -0.2) is 22.4 Å². The van der Waals surface area contributed by atoms with Crippen LogP contribution in [0.5, 0.6) is 5.88 Å². The predicted octanol–water partition coefficient (Wildman–Crippen LogP) is 2.64. The van der Waals surface area contributed by atoms with Gasteiger partial charge < -0.3 is 4.74 Å². The van der Waals surface area contributed by atoms with Crippen LogP contribution in [0.15, 0.2) is 4.47 Å². The Kier molecular flexibility index (Phi) is 3.72. The van der Waals surface area contributed by atoms with E-state index in [-0.39, 0.29) is 12.4 Å². The molecule has 0 fully saturated rings. The number of aromatic nitrogens is 2. The third-order valence-corrected chi connectivity index (χ3v) is 2.86. The van der Waals surface area contributed by atoms with E-state index < -0.39 is 21.5 Å². The Morgan fingerprint density at radius 2 is 2.00 bits per heavy atom. The van der Waals surface area contributed by atoms with E-state index in [1.807, 2.05) is 0 Å². The van der Waals surface area contributed by atoms with Gasteiger partial charge in [-0.2, -0.15) is 18.3 Å². The van der Waals surface area contributed by atoms with Gasteiger partial charge in [0.1, 0.15) is 10.2 Å². The largest absolute Gasteiger partial charge is 0.443 e. The Morgan fingerprint density at radius 3 is 2.41 bits per heavy atom. The Morgan fingerprint density at radius 1 is 1.47 bits per heavy atom. The van der Waals surface area contributed by atoms with Crippen molar-refractivity contribution in [3.8, 4) is 5.88 Å². The lowest BCUT2D eigenvalue weighted by Crippen LogP contribution is -2.33. The van der Waals surface area contributed by atoms with Gasteiger partial charge in [0.05, 0.1) is 0 Å². The number of ether oxygens (including phenoxy) is 1. The minimum absolute atomic E-state index is 0.0344. The summed E-state index contributed by atoms with van der Waals surface area (Å²) in [6, 6.07) is 0. The molecule has 0 radical (unpaired) electrons. The molecule has 10 heteroatoms. The first-order chi connectivity index (χ1) is 7.63. The molecule has 1 aromatic rings. The van der Waals surface area contributed by atoms with Crippen LogP contribution in [0.25, 0.3) is 0 Å². The van der Waals surface area contributed by atoms with E-state index in [1.165, 1.54) is 0 Å². The van der Waals surface area contributed by atoms with Crippen molar-refractivity contribution in [1.82, 2.24) is 9.78 Å². The highest BCUT2D eigenvalue weighted by Gasteiger charge is 2.59. The molecule has 0 N–H and O–H groups in total. The van der Waals surface area contributed by atoms with E-state index in [0.717, 1.165) is 11.7 Å². The third-order valence-electron chi connectivity index (χ3n) is 1.75. The van der Waals surface area contributed by atoms with Gasteiger partial charge in [0.15, 0.2) is 0 Å². The number of carbonyl (C=O) groups is 1. The lowest BCUT2D eigenvalue weighted by atomic mass is 10.2. The number of rotatable bonds is 3. The molecule has 0 amide bonds. The summed E-state index contributed by atoms with van der Waals surface area (Å²) in [6.07, 6.45) is -5.36. The topological polar surface area (TPSA) is 44.1 Å². The van der Waals surface area contributed by atoms with Crippen molar-refractivity contribution in [3.63, 3.8) is 0 Å². The fourth-order valence-corrected chi connectivity index (χ4v) is 1.94. The average Bonchev–Trinajstić information content (AvgIpc) is 2.44. The molecular weight excluding hydrogens is 335 g/mol. The van der Waals surface area contributed by atoms with Gasteiger partial charge in [-0.3, -0.25) is 4.79 Å². The molecule has 1 aromatic heterocycles. The molecule has 0 aliphatic heterocycles. The lowest BCUT2D eigenvalue weighted by molar-refractivity contribution is -0.203. The maximum Gasteiger partial charge on any atom is 0.443 e. The van der Waals surface area contributed by atoms with E-state index in [2.05, 4.69) is 25.8 Å². The minimum atomic E-state index is -5.36. The Hall–Kier alpha value is -0.830. The molecule has 0 spiro atoms. The van der Waals surface area contributed by atoms with Gasteiger partial charge in [0.2, 0.25) is 5.88 Å². The smallest absolute Gasteiger partial charge is 0.409 e. The normalized spacial score (nSPS) is 15.5. The van der Waals surface area contributed by atoms with Crippen LogP contribution < -0.4 is 4.74 Å². The molecule has 0 saturated heterocycles. The van der Waals surface area contributed by atoms with Gasteiger partial charge in [-0.1, -0.05) is 11.6 Å². The second-order valence-electron chi connectivity index (χ2n) is 2.88. The third kappa shape index (κ3) is 2.39. The van der Waals surface area contributed by atoms with Crippen LogP contribution in [0.3, 0.4) is 0 Å². The van der Waals surface area contributed by atoms with Gasteiger partial charge in [0, 0.05) is 7.05 Å². The molecule has 96 valence electrons. The monoisotopic (exact) mass is 338 g/mol. The highest BCUT2D eigenvalue weighted by Crippen LogP contribution is 2.49. The van der Waals surface area contributed by atoms with Gasteiger partial charge >= 0.3 is 11.3 Å². The molecule has 1 heterocycles. The summed E-state index contributed by atoms with van der Waals surface area (Å²) in [5.41, 5.74) is -1.13. The molecule has 17 heavy (non-hydrogen) atoms. The summed E-state index contributed by atoms with van der Waals surface area (Å²) < 4.78 is 55.0. The fraction of sp³-hybridized carbons (Fsp3) is 0.429. The van der Waals surface area contributed by atoms with E-state index in [4.69, 9.17) is 11.6 Å². The van der Waals surface area contributed by atoms with E-state index in [1.54, 1.807) is 0 Å². The van der Waals surface area contributed by atoms with E-state index in [0.29, 0.717) is 0 Å². The lowest BCUT2D eigenvalue weighted by Gasteiger charge is -2.19. The zero-order valence-electron chi connectivity index (χ0n) is 8.06. The van der Waals surface area contributed by atoms with Crippen LogP contribution in [-0.2, 0) is 17.0 Å². The molecular formula is C7H4BrClF4N2O2. The number of carbonyl (C=O) groups excluding carboxylic acids is 1. The molecule has 0 aliphatic rings. The van der Waals surface area contributed by atoms with Crippen molar-refractivity contribution < 1.29 is 27.1 Å². The van der Waals surface area contributed by atoms with Crippen molar-refractivity contribution in [3.05, 3.63) is 10.2 Å². The molecule has 0 saturated carbocycles. The molecule has 1 atom stereocenters. The zero-order valence-corrected chi connectivity index (χ0v) is 10.4. The van der Waals surface area contributed by atoms with Crippen molar-refractivity contribution in [2.75, 3.05) is 0 Å². The van der Waals surface area contributed by atoms with Crippen LogP contribution in [0.4, 0.5) is 17.6 Å². The summed E-state index contributed by atoms with van der Waals surface area (Å²) in [4.78, 5) is 10.1. The number of halogens is 6. The molecule has 0 bridgehead atoms. The minimum Gasteiger partial charge on any atom is -0.409 e. The average molecular weight is 339 g/mol. The molecule has 1 unspecified atom stereocenters. The van der Waals surface area contributed by atoms with Gasteiger partial charge in [-0.05, 0) is 15.9 Å². The summed E-state index contributed by atoms with van der Waals surface area (Å²) in [5, 5.41) is -0.947. The Labute approximate surface area is 106 Å². The summed E-state index contributed by atoms with van der Waals surface area (Å²) in [5.74, 6) is -0.387. The maximum atomic E-state index is 13.4.